The number of hydrogen-bond acceptors (Lipinski definition) is 5. The van der Waals surface area contributed by atoms with Crippen LogP contribution >= 0.6 is 0 Å². The van der Waals surface area contributed by atoms with E-state index < -0.39 is 9.84 Å². The van der Waals surface area contributed by atoms with Crippen LogP contribution in [-0.2, 0) is 9.84 Å². The Bertz CT molecular complexity index is 557. The Hall–Kier alpha value is -1.63. The molecule has 1 aliphatic heterocycles. The molecule has 1 saturated heterocycles. The molecule has 2 rings (SSSR count). The predicted molar refractivity (Wildman–Crippen MR) is 73.0 cm³/mol. The monoisotopic (exact) mass is 283 g/mol. The summed E-state index contributed by atoms with van der Waals surface area (Å²) in [4.78, 5) is 18.0. The van der Waals surface area contributed by atoms with Crippen molar-refractivity contribution in [2.45, 2.75) is 6.92 Å². The van der Waals surface area contributed by atoms with E-state index in [0.717, 1.165) is 6.54 Å². The smallest absolute Gasteiger partial charge is 0.272 e. The number of nitrogens with one attached hydrogen (secondary N) is 1. The summed E-state index contributed by atoms with van der Waals surface area (Å²) in [5.74, 6) is 0.504. The minimum atomic E-state index is -2.97. The number of carbonyl (C=O) groups excluding carboxylic acids is 1. The van der Waals surface area contributed by atoms with E-state index in [4.69, 9.17) is 0 Å². The summed E-state index contributed by atoms with van der Waals surface area (Å²) >= 11 is 0. The summed E-state index contributed by atoms with van der Waals surface area (Å²) in [5.41, 5.74) is 0.345. The third-order valence-corrected chi connectivity index (χ3v) is 4.57. The zero-order valence-corrected chi connectivity index (χ0v) is 11.6. The minimum Gasteiger partial charge on any atom is -0.370 e. The van der Waals surface area contributed by atoms with Crippen LogP contribution < -0.4 is 5.32 Å². The van der Waals surface area contributed by atoms with Gasteiger partial charge in [-0.1, -0.05) is 6.07 Å². The lowest BCUT2D eigenvalue weighted by molar-refractivity contribution is 0.0764. The van der Waals surface area contributed by atoms with Crippen LogP contribution in [0, 0.1) is 0 Å². The van der Waals surface area contributed by atoms with Gasteiger partial charge in [0.25, 0.3) is 5.91 Å². The number of pyridine rings is 1. The molecule has 104 valence electrons. The first-order valence-electron chi connectivity index (χ1n) is 6.22. The van der Waals surface area contributed by atoms with Gasteiger partial charge in [0, 0.05) is 19.6 Å². The molecule has 0 saturated carbocycles. The summed E-state index contributed by atoms with van der Waals surface area (Å²) in [6.07, 6.45) is 0. The van der Waals surface area contributed by atoms with Gasteiger partial charge < -0.3 is 10.2 Å². The molecule has 1 aromatic rings. The van der Waals surface area contributed by atoms with Gasteiger partial charge in [-0.05, 0) is 19.1 Å². The third-order valence-electron chi connectivity index (χ3n) is 2.96. The van der Waals surface area contributed by atoms with Gasteiger partial charge in [0.05, 0.1) is 11.5 Å². The van der Waals surface area contributed by atoms with Gasteiger partial charge in [0.2, 0.25) is 0 Å². The van der Waals surface area contributed by atoms with Crippen molar-refractivity contribution < 1.29 is 13.2 Å². The van der Waals surface area contributed by atoms with E-state index >= 15 is 0 Å². The van der Waals surface area contributed by atoms with Crippen molar-refractivity contribution in [2.24, 2.45) is 0 Å². The Labute approximate surface area is 112 Å². The summed E-state index contributed by atoms with van der Waals surface area (Å²) in [6, 6.07) is 5.20. The molecule has 0 atom stereocenters. The van der Waals surface area contributed by atoms with Crippen molar-refractivity contribution in [2.75, 3.05) is 36.5 Å². The fourth-order valence-electron chi connectivity index (χ4n) is 1.91. The quantitative estimate of drug-likeness (QED) is 0.867. The van der Waals surface area contributed by atoms with Crippen molar-refractivity contribution >= 4 is 21.6 Å². The van der Waals surface area contributed by atoms with Gasteiger partial charge in [-0.3, -0.25) is 4.79 Å². The molecule has 1 aliphatic rings. The van der Waals surface area contributed by atoms with Crippen molar-refractivity contribution in [1.82, 2.24) is 9.88 Å². The average Bonchev–Trinajstić information content (AvgIpc) is 2.39. The molecule has 0 aliphatic carbocycles. The van der Waals surface area contributed by atoms with E-state index in [0.29, 0.717) is 11.5 Å². The lowest BCUT2D eigenvalue weighted by Crippen LogP contribution is -2.44. The highest BCUT2D eigenvalue weighted by molar-refractivity contribution is 7.91. The lowest BCUT2D eigenvalue weighted by Gasteiger charge is -2.26. The summed E-state index contributed by atoms with van der Waals surface area (Å²) < 4.78 is 22.7. The highest BCUT2D eigenvalue weighted by Gasteiger charge is 2.26. The van der Waals surface area contributed by atoms with Crippen LogP contribution in [-0.4, -0.2) is 55.3 Å². The second-order valence-electron chi connectivity index (χ2n) is 4.38. The van der Waals surface area contributed by atoms with Crippen LogP contribution in [0.1, 0.15) is 17.4 Å². The number of nitrogens with zero attached hydrogens (tertiary/aromatic N) is 2. The molecule has 0 unspecified atom stereocenters. The number of aromatic nitrogens is 1. The molecule has 1 aromatic heterocycles. The summed E-state index contributed by atoms with van der Waals surface area (Å²) in [6.45, 7) is 3.17. The molecule has 19 heavy (non-hydrogen) atoms. The third kappa shape index (κ3) is 3.44. The van der Waals surface area contributed by atoms with Crippen molar-refractivity contribution in [3.8, 4) is 0 Å². The van der Waals surface area contributed by atoms with Gasteiger partial charge in [0.1, 0.15) is 11.5 Å². The number of anilines is 1. The normalized spacial score (nSPS) is 18.1. The van der Waals surface area contributed by atoms with Crippen LogP contribution in [0.25, 0.3) is 0 Å². The zero-order valence-electron chi connectivity index (χ0n) is 10.8. The Morgan fingerprint density at radius 3 is 2.68 bits per heavy atom. The molecular formula is C12H17N3O3S. The molecule has 0 spiro atoms. The first-order valence-corrected chi connectivity index (χ1v) is 8.04. The number of amides is 1. The lowest BCUT2D eigenvalue weighted by atomic mass is 10.3. The molecule has 7 heteroatoms. The number of hydrogen-bond donors (Lipinski definition) is 1. The largest absolute Gasteiger partial charge is 0.370 e. The van der Waals surface area contributed by atoms with E-state index in [2.05, 4.69) is 10.3 Å². The second kappa shape index (κ2) is 5.56. The Kier molecular flexibility index (Phi) is 4.04. The maximum Gasteiger partial charge on any atom is 0.272 e. The SMILES string of the molecule is CCNc1cccc(C(=O)N2CCS(=O)(=O)CC2)n1. The maximum absolute atomic E-state index is 12.2. The first-order chi connectivity index (χ1) is 9.02. The highest BCUT2D eigenvalue weighted by atomic mass is 32.2. The molecule has 1 N–H and O–H groups in total. The topological polar surface area (TPSA) is 79.4 Å². The molecule has 1 fully saturated rings. The van der Waals surface area contributed by atoms with Crippen LogP contribution in [0.5, 0.6) is 0 Å². The predicted octanol–water partition coefficient (Wildman–Crippen LogP) is 0.384. The Morgan fingerprint density at radius 1 is 1.37 bits per heavy atom. The van der Waals surface area contributed by atoms with Gasteiger partial charge in [-0.2, -0.15) is 0 Å². The maximum atomic E-state index is 12.2. The van der Waals surface area contributed by atoms with Crippen molar-refractivity contribution in [3.05, 3.63) is 23.9 Å². The standard InChI is InChI=1S/C12H17N3O3S/c1-2-13-11-5-3-4-10(14-11)12(16)15-6-8-19(17,18)9-7-15/h3-5H,2,6-9H2,1H3,(H,13,14). The first kappa shape index (κ1) is 13.8. The van der Waals surface area contributed by atoms with Crippen molar-refractivity contribution in [1.29, 1.82) is 0 Å². The average molecular weight is 283 g/mol. The fraction of sp³-hybridized carbons (Fsp3) is 0.500. The molecule has 0 radical (unpaired) electrons. The van der Waals surface area contributed by atoms with Gasteiger partial charge in [-0.25, -0.2) is 13.4 Å². The van der Waals surface area contributed by atoms with Crippen molar-refractivity contribution in [3.63, 3.8) is 0 Å². The fourth-order valence-corrected chi connectivity index (χ4v) is 3.11. The highest BCUT2D eigenvalue weighted by Crippen LogP contribution is 2.10. The van der Waals surface area contributed by atoms with Gasteiger partial charge in [-0.15, -0.1) is 0 Å². The van der Waals surface area contributed by atoms with Crippen LogP contribution in [0.4, 0.5) is 5.82 Å². The van der Waals surface area contributed by atoms with Gasteiger partial charge in [0.15, 0.2) is 9.84 Å². The number of carbonyl (C=O) groups is 1. The molecular weight excluding hydrogens is 266 g/mol. The Balaban J connectivity index is 2.09. The van der Waals surface area contributed by atoms with Gasteiger partial charge >= 0.3 is 0 Å². The molecule has 1 amide bonds. The second-order valence-corrected chi connectivity index (χ2v) is 6.69. The molecule has 0 aromatic carbocycles. The van der Waals surface area contributed by atoms with E-state index in [-0.39, 0.29) is 30.5 Å². The van der Waals surface area contributed by atoms with Crippen LogP contribution in [0.2, 0.25) is 0 Å². The summed E-state index contributed by atoms with van der Waals surface area (Å²) in [5, 5.41) is 3.04. The van der Waals surface area contributed by atoms with E-state index in [1.807, 2.05) is 6.92 Å². The van der Waals surface area contributed by atoms with E-state index in [1.165, 1.54) is 0 Å². The molecule has 0 bridgehead atoms. The number of sulfone groups is 1. The van der Waals surface area contributed by atoms with E-state index in [9.17, 15) is 13.2 Å². The zero-order chi connectivity index (χ0) is 13.9. The van der Waals surface area contributed by atoms with E-state index in [1.54, 1.807) is 23.1 Å². The molecule has 2 heterocycles. The van der Waals surface area contributed by atoms with Crippen LogP contribution in [0.15, 0.2) is 18.2 Å². The summed E-state index contributed by atoms with van der Waals surface area (Å²) in [7, 11) is -2.97. The van der Waals surface area contributed by atoms with Crippen LogP contribution in [0.3, 0.4) is 0 Å². The Morgan fingerprint density at radius 2 is 2.05 bits per heavy atom. The molecule has 6 nitrogen and oxygen atoms in total. The minimum absolute atomic E-state index is 0.0334. The number of rotatable bonds is 3.